The van der Waals surface area contributed by atoms with Crippen LogP contribution in [0, 0.1) is 0 Å². The van der Waals surface area contributed by atoms with Crippen molar-refractivity contribution in [3.63, 3.8) is 0 Å². The number of benzene rings is 1. The first-order valence-corrected chi connectivity index (χ1v) is 8.49. The first kappa shape index (κ1) is 17.1. The zero-order chi connectivity index (χ0) is 17.8. The van der Waals surface area contributed by atoms with Gasteiger partial charge in [0.1, 0.15) is 12.7 Å². The summed E-state index contributed by atoms with van der Waals surface area (Å²) in [5, 5.41) is 4.03. The van der Waals surface area contributed by atoms with Crippen LogP contribution in [0.25, 0.3) is 5.69 Å². The summed E-state index contributed by atoms with van der Waals surface area (Å²) in [5.41, 5.74) is 1.19. The minimum atomic E-state index is -0.504. The van der Waals surface area contributed by atoms with Gasteiger partial charge in [0.2, 0.25) is 0 Å². The molecular formula is C18H22N4O3. The molecule has 1 aliphatic heterocycles. The fraction of sp³-hybridized carbons (Fsp3) is 0.444. The molecule has 1 aromatic heterocycles. The monoisotopic (exact) mass is 342 g/mol. The van der Waals surface area contributed by atoms with Crippen LogP contribution >= 0.6 is 0 Å². The van der Waals surface area contributed by atoms with Crippen molar-refractivity contribution in [1.82, 2.24) is 19.7 Å². The molecule has 0 bridgehead atoms. The second-order valence-corrected chi connectivity index (χ2v) is 6.39. The van der Waals surface area contributed by atoms with Crippen LogP contribution in [-0.2, 0) is 9.53 Å². The van der Waals surface area contributed by atoms with Crippen molar-refractivity contribution >= 4 is 11.9 Å². The van der Waals surface area contributed by atoms with Gasteiger partial charge in [0.05, 0.1) is 11.3 Å². The number of ether oxygens (including phenoxy) is 1. The Kier molecular flexibility index (Phi) is 5.11. The quantitative estimate of drug-likeness (QED) is 0.796. The normalized spacial score (nSPS) is 20.3. The van der Waals surface area contributed by atoms with Crippen LogP contribution in [0.5, 0.6) is 0 Å². The standard InChI is InChI=1S/C18H22N4O3/c1-13-4-3-5-14(2)22(13)17(23)10-25-18(24)15-6-8-16(9-7-15)21-12-19-11-20-21/h6-9,11-14H,3-5,10H2,1-2H3/t13-,14-/m1/s1. The molecule has 2 heterocycles. The van der Waals surface area contributed by atoms with Gasteiger partial charge in [-0.15, -0.1) is 0 Å². The third-order valence-electron chi connectivity index (χ3n) is 4.59. The number of esters is 1. The third-order valence-corrected chi connectivity index (χ3v) is 4.59. The molecule has 1 aliphatic rings. The lowest BCUT2D eigenvalue weighted by atomic mass is 9.97. The molecule has 0 unspecified atom stereocenters. The molecule has 2 aromatic rings. The Morgan fingerprint density at radius 3 is 2.44 bits per heavy atom. The zero-order valence-electron chi connectivity index (χ0n) is 14.5. The molecule has 1 aromatic carbocycles. The highest BCUT2D eigenvalue weighted by atomic mass is 16.5. The average molecular weight is 342 g/mol. The molecular weight excluding hydrogens is 320 g/mol. The first-order valence-electron chi connectivity index (χ1n) is 8.49. The molecule has 0 spiro atoms. The number of hydrogen-bond donors (Lipinski definition) is 0. The van der Waals surface area contributed by atoms with Crippen molar-refractivity contribution in [3.8, 4) is 5.69 Å². The Bertz CT molecular complexity index is 717. The summed E-state index contributed by atoms with van der Waals surface area (Å²) in [6, 6.07) is 7.18. The highest BCUT2D eigenvalue weighted by Gasteiger charge is 2.29. The summed E-state index contributed by atoms with van der Waals surface area (Å²) in [6.45, 7) is 3.86. The van der Waals surface area contributed by atoms with Crippen LogP contribution in [0.3, 0.4) is 0 Å². The fourth-order valence-electron chi connectivity index (χ4n) is 3.29. The van der Waals surface area contributed by atoms with E-state index >= 15 is 0 Å². The summed E-state index contributed by atoms with van der Waals surface area (Å²) in [6.07, 6.45) is 6.13. The number of hydrogen-bond acceptors (Lipinski definition) is 5. The molecule has 1 fully saturated rings. The van der Waals surface area contributed by atoms with Gasteiger partial charge in [-0.05, 0) is 57.4 Å². The Labute approximate surface area is 146 Å². The summed E-state index contributed by atoms with van der Waals surface area (Å²) >= 11 is 0. The largest absolute Gasteiger partial charge is 0.452 e. The Balaban J connectivity index is 1.58. The summed E-state index contributed by atoms with van der Waals surface area (Å²) in [7, 11) is 0. The van der Waals surface area contributed by atoms with Crippen LogP contribution < -0.4 is 0 Å². The molecule has 7 nitrogen and oxygen atoms in total. The zero-order valence-corrected chi connectivity index (χ0v) is 14.5. The van der Waals surface area contributed by atoms with E-state index in [-0.39, 0.29) is 24.6 Å². The number of amides is 1. The molecule has 0 radical (unpaired) electrons. The maximum atomic E-state index is 12.4. The van der Waals surface area contributed by atoms with Crippen LogP contribution in [0.15, 0.2) is 36.9 Å². The van der Waals surface area contributed by atoms with Crippen molar-refractivity contribution < 1.29 is 14.3 Å². The number of rotatable bonds is 4. The van der Waals surface area contributed by atoms with E-state index in [1.807, 2.05) is 18.7 Å². The van der Waals surface area contributed by atoms with Gasteiger partial charge in [0.25, 0.3) is 5.91 Å². The molecule has 0 N–H and O–H groups in total. The molecule has 3 rings (SSSR count). The van der Waals surface area contributed by atoms with Gasteiger partial charge in [-0.3, -0.25) is 4.79 Å². The van der Waals surface area contributed by atoms with Gasteiger partial charge in [0, 0.05) is 12.1 Å². The maximum Gasteiger partial charge on any atom is 0.338 e. The van der Waals surface area contributed by atoms with E-state index in [1.165, 1.54) is 6.33 Å². The molecule has 132 valence electrons. The van der Waals surface area contributed by atoms with E-state index in [4.69, 9.17) is 4.74 Å². The molecule has 0 aliphatic carbocycles. The van der Waals surface area contributed by atoms with Crippen molar-refractivity contribution in [3.05, 3.63) is 42.5 Å². The lowest BCUT2D eigenvalue weighted by Gasteiger charge is -2.38. The maximum absolute atomic E-state index is 12.4. The Hall–Kier alpha value is -2.70. The van der Waals surface area contributed by atoms with Gasteiger partial charge in [-0.1, -0.05) is 0 Å². The van der Waals surface area contributed by atoms with Gasteiger partial charge in [-0.25, -0.2) is 14.5 Å². The van der Waals surface area contributed by atoms with Crippen LogP contribution in [0.2, 0.25) is 0 Å². The van der Waals surface area contributed by atoms with Crippen molar-refractivity contribution in [2.45, 2.75) is 45.2 Å². The second-order valence-electron chi connectivity index (χ2n) is 6.39. The smallest absolute Gasteiger partial charge is 0.338 e. The SMILES string of the molecule is C[C@@H]1CCC[C@@H](C)N1C(=O)COC(=O)c1ccc(-n2cncn2)cc1. The number of piperidine rings is 1. The van der Waals surface area contributed by atoms with E-state index in [1.54, 1.807) is 35.3 Å². The Morgan fingerprint density at radius 2 is 1.84 bits per heavy atom. The molecule has 1 saturated heterocycles. The first-order chi connectivity index (χ1) is 12.1. The Morgan fingerprint density at radius 1 is 1.16 bits per heavy atom. The van der Waals surface area contributed by atoms with Gasteiger partial charge in [0.15, 0.2) is 6.61 Å². The number of carbonyl (C=O) groups is 2. The molecule has 2 atom stereocenters. The van der Waals surface area contributed by atoms with E-state index < -0.39 is 5.97 Å². The minimum absolute atomic E-state index is 0.132. The number of aromatic nitrogens is 3. The summed E-state index contributed by atoms with van der Waals surface area (Å²) < 4.78 is 6.80. The predicted molar refractivity (Wildman–Crippen MR) is 91.3 cm³/mol. The van der Waals surface area contributed by atoms with Crippen LogP contribution in [0.1, 0.15) is 43.5 Å². The number of carbonyl (C=O) groups excluding carboxylic acids is 2. The van der Waals surface area contributed by atoms with Crippen LogP contribution in [0.4, 0.5) is 0 Å². The van der Waals surface area contributed by atoms with E-state index in [9.17, 15) is 9.59 Å². The third kappa shape index (κ3) is 3.87. The predicted octanol–water partition coefficient (Wildman–Crippen LogP) is 2.21. The fourth-order valence-corrected chi connectivity index (χ4v) is 3.29. The van der Waals surface area contributed by atoms with Crippen molar-refractivity contribution in [2.24, 2.45) is 0 Å². The molecule has 25 heavy (non-hydrogen) atoms. The highest BCUT2D eigenvalue weighted by molar-refractivity contribution is 5.91. The summed E-state index contributed by atoms with van der Waals surface area (Å²) in [4.78, 5) is 30.3. The minimum Gasteiger partial charge on any atom is -0.452 e. The molecule has 7 heteroatoms. The molecule has 0 saturated carbocycles. The van der Waals surface area contributed by atoms with Crippen LogP contribution in [-0.4, -0.2) is 50.2 Å². The van der Waals surface area contributed by atoms with Crippen molar-refractivity contribution in [2.75, 3.05) is 6.61 Å². The average Bonchev–Trinajstić information content (AvgIpc) is 3.14. The highest BCUT2D eigenvalue weighted by Crippen LogP contribution is 2.22. The number of nitrogens with zero attached hydrogens (tertiary/aromatic N) is 4. The van der Waals surface area contributed by atoms with E-state index in [0.717, 1.165) is 24.9 Å². The van der Waals surface area contributed by atoms with E-state index in [0.29, 0.717) is 5.56 Å². The lowest BCUT2D eigenvalue weighted by molar-refractivity contribution is -0.140. The lowest BCUT2D eigenvalue weighted by Crippen LogP contribution is -2.49. The molecule has 1 amide bonds. The van der Waals surface area contributed by atoms with E-state index in [2.05, 4.69) is 10.1 Å². The number of likely N-dealkylation sites (tertiary alicyclic amines) is 1. The topological polar surface area (TPSA) is 77.3 Å². The van der Waals surface area contributed by atoms with Gasteiger partial charge < -0.3 is 9.64 Å². The second kappa shape index (κ2) is 7.46. The summed E-state index contributed by atoms with van der Waals surface area (Å²) in [5.74, 6) is -0.636. The van der Waals surface area contributed by atoms with Crippen molar-refractivity contribution in [1.29, 1.82) is 0 Å². The van der Waals surface area contributed by atoms with Gasteiger partial charge >= 0.3 is 5.97 Å². The van der Waals surface area contributed by atoms with Gasteiger partial charge in [-0.2, -0.15) is 5.10 Å².